The molecular formula is C2H5NOPS-. The molecule has 1 unspecified atom stereocenters. The molecule has 0 aromatic rings. The van der Waals surface area contributed by atoms with Gasteiger partial charge >= 0.3 is 0 Å². The minimum atomic E-state index is 0.708. The first-order valence-corrected chi connectivity index (χ1v) is 3.25. The Hall–Kier alpha value is 0.700. The lowest BCUT2D eigenvalue weighted by Gasteiger charge is -2.17. The van der Waals surface area contributed by atoms with E-state index in [1.54, 1.807) is 0 Å². The van der Waals surface area contributed by atoms with Gasteiger partial charge in [0.2, 0.25) is 0 Å². The summed E-state index contributed by atoms with van der Waals surface area (Å²) in [4.78, 5) is 4.81. The highest BCUT2D eigenvalue weighted by Crippen LogP contribution is 2.21. The van der Waals surface area contributed by atoms with Crippen LogP contribution in [0.1, 0.15) is 0 Å². The summed E-state index contributed by atoms with van der Waals surface area (Å²) >= 11 is 4.63. The van der Waals surface area contributed by atoms with E-state index < -0.39 is 0 Å². The van der Waals surface area contributed by atoms with Crippen molar-refractivity contribution in [3.8, 4) is 0 Å². The van der Waals surface area contributed by atoms with Crippen molar-refractivity contribution in [1.29, 1.82) is 0 Å². The van der Waals surface area contributed by atoms with Crippen molar-refractivity contribution >= 4 is 21.5 Å². The summed E-state index contributed by atoms with van der Waals surface area (Å²) in [5.41, 5.74) is 0. The molecule has 1 saturated heterocycles. The van der Waals surface area contributed by atoms with E-state index in [1.165, 1.54) is 4.24 Å². The van der Waals surface area contributed by atoms with Gasteiger partial charge in [-0.3, -0.25) is 0 Å². The molecule has 0 aromatic carbocycles. The molecule has 1 atom stereocenters. The fourth-order valence-electron chi connectivity index (χ4n) is 0.311. The van der Waals surface area contributed by atoms with Crippen molar-refractivity contribution in [2.45, 2.75) is 0 Å². The quantitative estimate of drug-likeness (QED) is 0.338. The molecule has 4 heteroatoms. The number of hydrogen-bond acceptors (Lipinski definition) is 3. The van der Waals surface area contributed by atoms with Gasteiger partial charge in [0.15, 0.2) is 0 Å². The van der Waals surface area contributed by atoms with Crippen molar-refractivity contribution in [2.24, 2.45) is 0 Å². The highest BCUT2D eigenvalue weighted by molar-refractivity contribution is 7.64. The average molecular weight is 122 g/mol. The zero-order chi connectivity index (χ0) is 4.41. The average Bonchev–Trinajstić information content (AvgIpc) is 1.86. The van der Waals surface area contributed by atoms with E-state index in [-0.39, 0.29) is 0 Å². The number of nitrogens with zero attached hydrogens (tertiary/aromatic N) is 1. The Morgan fingerprint density at radius 3 is 2.83 bits per heavy atom. The van der Waals surface area contributed by atoms with Crippen LogP contribution in [0.15, 0.2) is 0 Å². The van der Waals surface area contributed by atoms with Gasteiger partial charge in [0.1, 0.15) is 0 Å². The van der Waals surface area contributed by atoms with Gasteiger partial charge in [-0.05, 0) is 8.73 Å². The molecule has 1 heterocycles. The summed E-state index contributed by atoms with van der Waals surface area (Å²) in [6.45, 7) is 0.821. The van der Waals surface area contributed by atoms with Crippen LogP contribution in [0.2, 0.25) is 0 Å². The lowest BCUT2D eigenvalue weighted by atomic mass is 10.9. The van der Waals surface area contributed by atoms with Gasteiger partial charge < -0.3 is 21.9 Å². The Kier molecular flexibility index (Phi) is 1.72. The first-order valence-electron chi connectivity index (χ1n) is 1.73. The summed E-state index contributed by atoms with van der Waals surface area (Å²) in [5, 5.41) is 0. The van der Waals surface area contributed by atoms with E-state index in [0.717, 1.165) is 12.8 Å². The molecule has 0 saturated carbocycles. The molecule has 0 radical (unpaired) electrons. The lowest BCUT2D eigenvalue weighted by molar-refractivity contribution is 0.0301. The molecule has 2 nitrogen and oxygen atoms in total. The molecule has 1 aliphatic heterocycles. The smallest absolute Gasteiger partial charge is 0.0713 e. The van der Waals surface area contributed by atoms with Crippen LogP contribution < -0.4 is 0 Å². The van der Waals surface area contributed by atoms with Gasteiger partial charge in [-0.2, -0.15) is 0 Å². The van der Waals surface area contributed by atoms with Gasteiger partial charge in [0.05, 0.1) is 6.61 Å². The minimum absolute atomic E-state index is 0.708. The van der Waals surface area contributed by atoms with E-state index in [4.69, 9.17) is 4.84 Å². The highest BCUT2D eigenvalue weighted by Gasteiger charge is 1.97. The maximum atomic E-state index is 4.81. The van der Waals surface area contributed by atoms with Crippen LogP contribution in [-0.4, -0.2) is 17.0 Å². The van der Waals surface area contributed by atoms with Crippen LogP contribution in [0.4, 0.5) is 0 Å². The molecule has 1 rings (SSSR count). The predicted octanol–water partition coefficient (Wildman–Crippen LogP) is 0.289. The highest BCUT2D eigenvalue weighted by atomic mass is 32.1. The zero-order valence-electron chi connectivity index (χ0n) is 3.18. The third kappa shape index (κ3) is 1.09. The Morgan fingerprint density at radius 2 is 2.67 bits per heavy atom. The van der Waals surface area contributed by atoms with Crippen molar-refractivity contribution in [2.75, 3.05) is 12.8 Å². The largest absolute Gasteiger partial charge is 0.666 e. The predicted molar refractivity (Wildman–Crippen MR) is 28.3 cm³/mol. The van der Waals surface area contributed by atoms with E-state index >= 15 is 0 Å². The molecule has 36 valence electrons. The van der Waals surface area contributed by atoms with Gasteiger partial charge in [0, 0.05) is 6.16 Å². The van der Waals surface area contributed by atoms with Crippen molar-refractivity contribution < 1.29 is 4.84 Å². The van der Waals surface area contributed by atoms with Gasteiger partial charge in [-0.1, -0.05) is 0 Å². The first kappa shape index (κ1) is 4.85. The van der Waals surface area contributed by atoms with Crippen molar-refractivity contribution in [1.82, 2.24) is 4.24 Å². The minimum Gasteiger partial charge on any atom is -0.666 e. The monoisotopic (exact) mass is 122 g/mol. The molecule has 0 N–H and O–H groups in total. The van der Waals surface area contributed by atoms with Crippen LogP contribution >= 0.6 is 8.73 Å². The van der Waals surface area contributed by atoms with Gasteiger partial charge in [-0.25, -0.2) is 0 Å². The molecule has 0 bridgehead atoms. The van der Waals surface area contributed by atoms with Crippen LogP contribution in [-0.2, 0) is 17.7 Å². The van der Waals surface area contributed by atoms with Gasteiger partial charge in [0.25, 0.3) is 0 Å². The number of rotatable bonds is 0. The molecule has 1 fully saturated rings. The Labute approximate surface area is 44.2 Å². The second-order valence-electron chi connectivity index (χ2n) is 0.998. The molecule has 0 aliphatic carbocycles. The second kappa shape index (κ2) is 2.12. The van der Waals surface area contributed by atoms with Crippen LogP contribution in [0.3, 0.4) is 0 Å². The Bertz CT molecular complexity index is 46.8. The summed E-state index contributed by atoms with van der Waals surface area (Å²) in [6, 6.07) is 0. The number of hydrogen-bond donors (Lipinski definition) is 0. The molecule has 0 spiro atoms. The third-order valence-electron chi connectivity index (χ3n) is 0.552. The summed E-state index contributed by atoms with van der Waals surface area (Å²) < 4.78 is 1.47. The Balaban J connectivity index is 2.18. The summed E-state index contributed by atoms with van der Waals surface area (Å²) in [6.07, 6.45) is 1.11. The van der Waals surface area contributed by atoms with Crippen molar-refractivity contribution in [3.05, 3.63) is 0 Å². The van der Waals surface area contributed by atoms with E-state index in [9.17, 15) is 0 Å². The third-order valence-corrected chi connectivity index (χ3v) is 1.86. The summed E-state index contributed by atoms with van der Waals surface area (Å²) in [7, 11) is 0.708. The first-order chi connectivity index (χ1) is 2.89. The zero-order valence-corrected chi connectivity index (χ0v) is 4.99. The molecule has 0 amide bonds. The Morgan fingerprint density at radius 1 is 1.83 bits per heavy atom. The van der Waals surface area contributed by atoms with E-state index in [1.807, 2.05) is 0 Å². The second-order valence-corrected chi connectivity index (χ2v) is 2.88. The normalized spacial score (nSPS) is 29.5. The lowest BCUT2D eigenvalue weighted by Crippen LogP contribution is -1.95. The fraction of sp³-hybridized carbons (Fsp3) is 1.00. The topological polar surface area (TPSA) is 12.5 Å². The molecule has 6 heavy (non-hydrogen) atoms. The van der Waals surface area contributed by atoms with E-state index in [0.29, 0.717) is 8.73 Å². The maximum absolute atomic E-state index is 4.81. The van der Waals surface area contributed by atoms with Crippen LogP contribution in [0, 0.1) is 0 Å². The van der Waals surface area contributed by atoms with Gasteiger partial charge in [-0.15, -0.1) is 0 Å². The molecular weight excluding hydrogens is 117 g/mol. The van der Waals surface area contributed by atoms with Crippen molar-refractivity contribution in [3.63, 3.8) is 0 Å². The van der Waals surface area contributed by atoms with Crippen LogP contribution in [0.5, 0.6) is 0 Å². The fourth-order valence-corrected chi connectivity index (χ4v) is 1.21. The molecule has 0 aromatic heterocycles. The maximum Gasteiger partial charge on any atom is 0.0713 e. The SMILES string of the molecule is [S-]N1OCCP1. The van der Waals surface area contributed by atoms with E-state index in [2.05, 4.69) is 12.8 Å². The standard InChI is InChI=1S/C2H5NOPS/c6-3-4-1-2-5-3/h5H,1-2H2/q-1. The van der Waals surface area contributed by atoms with Crippen LogP contribution in [0.25, 0.3) is 0 Å². The summed E-state index contributed by atoms with van der Waals surface area (Å²) in [5.74, 6) is 0. The molecule has 1 aliphatic rings.